The molecule has 0 aliphatic carbocycles. The Bertz CT molecular complexity index is 1160. The van der Waals surface area contributed by atoms with E-state index in [1.54, 1.807) is 31.3 Å². The van der Waals surface area contributed by atoms with Gasteiger partial charge in [0.25, 0.3) is 0 Å². The van der Waals surface area contributed by atoms with Crippen LogP contribution in [-0.2, 0) is 4.74 Å². The highest BCUT2D eigenvalue weighted by atomic mass is 35.5. The van der Waals surface area contributed by atoms with E-state index in [1.807, 2.05) is 6.07 Å². The van der Waals surface area contributed by atoms with Gasteiger partial charge < -0.3 is 15.0 Å². The maximum Gasteiger partial charge on any atom is 0.412 e. The summed E-state index contributed by atoms with van der Waals surface area (Å²) in [7, 11) is 0. The Balaban J connectivity index is 0.00000342. The molecule has 0 radical (unpaired) electrons. The molecular weight excluding hydrogens is 558 g/mol. The zero-order valence-electron chi connectivity index (χ0n) is 21.4. The number of hydrogen-bond acceptors (Lipinski definition) is 7. The van der Waals surface area contributed by atoms with Crippen LogP contribution in [0.2, 0.25) is 10.0 Å². The first kappa shape index (κ1) is 32.9. The monoisotopic (exact) mass is 590 g/mol. The molecule has 0 saturated heterocycles. The molecular formula is C25H34Cl4N6O2. The van der Waals surface area contributed by atoms with Crippen molar-refractivity contribution in [2.45, 2.75) is 46.6 Å². The first-order valence-electron chi connectivity index (χ1n) is 11.9. The number of hydrogen-bond donors (Lipinski definition) is 2. The largest absolute Gasteiger partial charge is 0.450 e. The van der Waals surface area contributed by atoms with Crippen LogP contribution in [0.25, 0.3) is 22.4 Å². The third kappa shape index (κ3) is 9.30. The summed E-state index contributed by atoms with van der Waals surface area (Å²) in [5, 5.41) is 7.09. The number of benzene rings is 1. The first-order chi connectivity index (χ1) is 16.8. The number of amides is 1. The van der Waals surface area contributed by atoms with E-state index in [0.717, 1.165) is 43.7 Å². The fourth-order valence-corrected chi connectivity index (χ4v) is 4.04. The van der Waals surface area contributed by atoms with E-state index in [9.17, 15) is 4.79 Å². The van der Waals surface area contributed by atoms with Crippen molar-refractivity contribution in [3.8, 4) is 11.3 Å². The molecule has 0 saturated carbocycles. The molecule has 12 heteroatoms. The maximum atomic E-state index is 12.0. The maximum absolute atomic E-state index is 12.0. The second-order valence-corrected chi connectivity index (χ2v) is 8.99. The van der Waals surface area contributed by atoms with E-state index in [1.165, 1.54) is 0 Å². The third-order valence-electron chi connectivity index (χ3n) is 5.65. The Hall–Kier alpha value is -2.10. The lowest BCUT2D eigenvalue weighted by Gasteiger charge is -2.21. The van der Waals surface area contributed by atoms with Gasteiger partial charge in [-0.25, -0.2) is 19.7 Å². The Kier molecular flexibility index (Phi) is 14.2. The van der Waals surface area contributed by atoms with E-state index in [4.69, 9.17) is 32.9 Å². The minimum Gasteiger partial charge on any atom is -0.450 e. The van der Waals surface area contributed by atoms with Crippen LogP contribution in [0.5, 0.6) is 0 Å². The molecule has 2 aromatic heterocycles. The highest BCUT2D eigenvalue weighted by Crippen LogP contribution is 2.30. The lowest BCUT2D eigenvalue weighted by Crippen LogP contribution is -2.25. The average molecular weight is 592 g/mol. The number of carbonyl (C=O) groups is 1. The molecule has 2 heterocycles. The molecule has 37 heavy (non-hydrogen) atoms. The SMILES string of the molecule is CCOC(=O)Nc1cc(NC(C)CCCN(CC)CC)c2ncc(-c3ccc(Cl)c(Cl)c3)nc2n1.Cl.Cl. The predicted molar refractivity (Wildman–Crippen MR) is 158 cm³/mol. The molecule has 0 aliphatic heterocycles. The highest BCUT2D eigenvalue weighted by molar-refractivity contribution is 6.42. The molecule has 1 aromatic carbocycles. The van der Waals surface area contributed by atoms with Gasteiger partial charge >= 0.3 is 6.09 Å². The molecule has 0 bridgehead atoms. The molecule has 2 N–H and O–H groups in total. The van der Waals surface area contributed by atoms with Crippen molar-refractivity contribution in [1.82, 2.24) is 19.9 Å². The second kappa shape index (κ2) is 16.0. The van der Waals surface area contributed by atoms with Crippen LogP contribution >= 0.6 is 48.0 Å². The standard InChI is InChI=1S/C25H32Cl2N6O2.2ClH/c1-5-33(6-2)12-8-9-16(4)29-20-14-22(32-25(34)35-7-3)31-24-23(20)28-15-21(30-24)17-10-11-18(26)19(27)13-17;;/h10-11,13-16H,5-9,12H2,1-4H3,(H2,29,30,31,32,34);2*1H. The van der Waals surface area contributed by atoms with Crippen LogP contribution in [0.4, 0.5) is 16.3 Å². The minimum absolute atomic E-state index is 0. The van der Waals surface area contributed by atoms with Crippen LogP contribution in [-0.4, -0.2) is 58.2 Å². The minimum atomic E-state index is -0.578. The van der Waals surface area contributed by atoms with Crippen LogP contribution in [0.15, 0.2) is 30.5 Å². The lowest BCUT2D eigenvalue weighted by molar-refractivity contribution is 0.168. The summed E-state index contributed by atoms with van der Waals surface area (Å²) >= 11 is 12.2. The van der Waals surface area contributed by atoms with Gasteiger partial charge in [-0.2, -0.15) is 0 Å². The Labute approximate surface area is 240 Å². The van der Waals surface area contributed by atoms with Crippen molar-refractivity contribution >= 4 is 76.8 Å². The van der Waals surface area contributed by atoms with Crippen molar-refractivity contribution in [2.24, 2.45) is 0 Å². The summed E-state index contributed by atoms with van der Waals surface area (Å²) in [6, 6.07) is 7.21. The molecule has 8 nitrogen and oxygen atoms in total. The second-order valence-electron chi connectivity index (χ2n) is 8.17. The van der Waals surface area contributed by atoms with Crippen molar-refractivity contribution in [2.75, 3.05) is 36.9 Å². The molecule has 0 spiro atoms. The smallest absolute Gasteiger partial charge is 0.412 e. The number of fused-ring (bicyclic) bond motifs is 1. The molecule has 0 fully saturated rings. The van der Waals surface area contributed by atoms with Gasteiger partial charge in [-0.15, -0.1) is 24.8 Å². The van der Waals surface area contributed by atoms with Crippen molar-refractivity contribution in [3.05, 3.63) is 40.5 Å². The number of halogens is 4. The van der Waals surface area contributed by atoms with Gasteiger partial charge in [-0.3, -0.25) is 5.32 Å². The van der Waals surface area contributed by atoms with Crippen molar-refractivity contribution in [1.29, 1.82) is 0 Å². The van der Waals surface area contributed by atoms with Gasteiger partial charge in [-0.05, 0) is 58.5 Å². The first-order valence-corrected chi connectivity index (χ1v) is 12.7. The summed E-state index contributed by atoms with van der Waals surface area (Å²) in [6.07, 6.45) is 3.15. The number of ether oxygens (including phenoxy) is 1. The van der Waals surface area contributed by atoms with Crippen molar-refractivity contribution in [3.63, 3.8) is 0 Å². The van der Waals surface area contributed by atoms with E-state index in [-0.39, 0.29) is 37.5 Å². The Morgan fingerprint density at radius 2 is 1.81 bits per heavy atom. The van der Waals surface area contributed by atoms with E-state index in [2.05, 4.69) is 46.3 Å². The number of nitrogens with one attached hydrogen (secondary N) is 2. The predicted octanol–water partition coefficient (Wildman–Crippen LogP) is 7.33. The number of rotatable bonds is 11. The Morgan fingerprint density at radius 1 is 1.08 bits per heavy atom. The zero-order chi connectivity index (χ0) is 25.4. The quantitative estimate of drug-likeness (QED) is 0.241. The summed E-state index contributed by atoms with van der Waals surface area (Å²) in [6.45, 7) is 11.6. The molecule has 0 aliphatic rings. The molecule has 204 valence electrons. The Morgan fingerprint density at radius 3 is 2.46 bits per heavy atom. The molecule has 3 rings (SSSR count). The number of aromatic nitrogens is 3. The van der Waals surface area contributed by atoms with Crippen molar-refractivity contribution < 1.29 is 9.53 Å². The fourth-order valence-electron chi connectivity index (χ4n) is 3.74. The number of anilines is 2. The van der Waals surface area contributed by atoms with Gasteiger partial charge in [0.15, 0.2) is 5.65 Å². The highest BCUT2D eigenvalue weighted by Gasteiger charge is 2.15. The zero-order valence-corrected chi connectivity index (χ0v) is 24.5. The summed E-state index contributed by atoms with van der Waals surface area (Å²) < 4.78 is 5.01. The van der Waals surface area contributed by atoms with Gasteiger partial charge in [0.1, 0.15) is 11.3 Å². The molecule has 1 amide bonds. The average Bonchev–Trinajstić information content (AvgIpc) is 2.83. The molecule has 1 atom stereocenters. The topological polar surface area (TPSA) is 92.3 Å². The number of nitrogens with zero attached hydrogens (tertiary/aromatic N) is 4. The van der Waals surface area contributed by atoms with Gasteiger partial charge in [-0.1, -0.05) is 43.1 Å². The third-order valence-corrected chi connectivity index (χ3v) is 6.38. The summed E-state index contributed by atoms with van der Waals surface area (Å²) in [5.41, 5.74) is 3.10. The summed E-state index contributed by atoms with van der Waals surface area (Å²) in [5.74, 6) is 0.328. The van der Waals surface area contributed by atoms with Gasteiger partial charge in [0.05, 0.1) is 34.2 Å². The van der Waals surface area contributed by atoms with Gasteiger partial charge in [0.2, 0.25) is 0 Å². The van der Waals surface area contributed by atoms with Crippen LogP contribution < -0.4 is 10.6 Å². The fraction of sp³-hybridized carbons (Fsp3) is 0.440. The molecule has 1 unspecified atom stereocenters. The van der Waals surface area contributed by atoms with Crippen LogP contribution in [0.3, 0.4) is 0 Å². The van der Waals surface area contributed by atoms with Crippen LogP contribution in [0, 0.1) is 0 Å². The van der Waals surface area contributed by atoms with E-state index < -0.39 is 6.09 Å². The van der Waals surface area contributed by atoms with Crippen LogP contribution in [0.1, 0.15) is 40.5 Å². The van der Waals surface area contributed by atoms with E-state index >= 15 is 0 Å². The summed E-state index contributed by atoms with van der Waals surface area (Å²) in [4.78, 5) is 28.3. The molecule has 3 aromatic rings. The lowest BCUT2D eigenvalue weighted by atomic mass is 10.1. The van der Waals surface area contributed by atoms with Gasteiger partial charge in [0, 0.05) is 17.7 Å². The van der Waals surface area contributed by atoms with E-state index in [0.29, 0.717) is 32.7 Å². The number of pyridine rings is 1. The normalized spacial score (nSPS) is 11.4. The number of carbonyl (C=O) groups excluding carboxylic acids is 1.